The van der Waals surface area contributed by atoms with Crippen LogP contribution in [0.2, 0.25) is 0 Å². The van der Waals surface area contributed by atoms with Crippen molar-refractivity contribution in [2.45, 2.75) is 63.4 Å². The maximum atomic E-state index is 13.3. The van der Waals surface area contributed by atoms with Crippen LogP contribution in [0, 0.1) is 11.8 Å². The predicted octanol–water partition coefficient (Wildman–Crippen LogP) is 4.07. The minimum Gasteiger partial charge on any atom is -0.324 e. The van der Waals surface area contributed by atoms with Gasteiger partial charge in [0, 0.05) is 49.6 Å². The summed E-state index contributed by atoms with van der Waals surface area (Å²) in [5.74, 6) is 0.237. The number of fused-ring (bicyclic) bond motifs is 1. The van der Waals surface area contributed by atoms with Crippen LogP contribution in [0.3, 0.4) is 0 Å². The lowest BCUT2D eigenvalue weighted by Gasteiger charge is -2.32. The minimum absolute atomic E-state index is 0.0247. The van der Waals surface area contributed by atoms with E-state index in [1.165, 1.54) is 28.8 Å². The van der Waals surface area contributed by atoms with E-state index < -0.39 is 9.84 Å². The van der Waals surface area contributed by atoms with Crippen molar-refractivity contribution in [2.24, 2.45) is 11.8 Å². The molecule has 1 saturated carbocycles. The zero-order valence-corrected chi connectivity index (χ0v) is 24.4. The van der Waals surface area contributed by atoms with E-state index in [9.17, 15) is 27.6 Å². The van der Waals surface area contributed by atoms with Crippen LogP contribution in [-0.4, -0.2) is 53.6 Å². The second-order valence-corrected chi connectivity index (χ2v) is 13.7. The van der Waals surface area contributed by atoms with Crippen molar-refractivity contribution in [3.63, 3.8) is 0 Å². The fraction of sp³-hybridized carbons (Fsp3) is 0.467. The maximum Gasteiger partial charge on any atom is 0.331 e. The third-order valence-corrected chi connectivity index (χ3v) is 9.09. The van der Waals surface area contributed by atoms with E-state index in [2.05, 4.69) is 5.32 Å². The number of nitrogens with one attached hydrogen (secondary N) is 1. The molecule has 41 heavy (non-hydrogen) atoms. The van der Waals surface area contributed by atoms with Crippen molar-refractivity contribution in [1.82, 2.24) is 14.0 Å². The van der Waals surface area contributed by atoms with Gasteiger partial charge >= 0.3 is 11.7 Å². The first-order valence-electron chi connectivity index (χ1n) is 14.1. The SMILES string of the molecule is CC(C)n1c(=O)n(CC2CC2)c(=O)c2cc(NC(=O)N3CCCC(CC(=O)c4ccc(S(C)(=O)=O)cc4)C3)ccc21. The van der Waals surface area contributed by atoms with Crippen molar-refractivity contribution < 1.29 is 18.0 Å². The standard InChI is InChI=1S/C30H36N4O6S/c1-19(2)34-26-13-10-23(16-25(26)28(36)33(30(34)38)18-20-6-7-20)31-29(37)32-14-4-5-21(17-32)15-27(35)22-8-11-24(12-9-22)41(3,39)40/h8-13,16,19-21H,4-7,14-15,17-18H2,1-3H3,(H,31,37). The van der Waals surface area contributed by atoms with Crippen molar-refractivity contribution in [3.8, 4) is 0 Å². The van der Waals surface area contributed by atoms with Crippen LogP contribution in [0.1, 0.15) is 62.4 Å². The van der Waals surface area contributed by atoms with E-state index in [1.54, 1.807) is 27.7 Å². The highest BCUT2D eigenvalue weighted by Crippen LogP contribution is 2.30. The van der Waals surface area contributed by atoms with Gasteiger partial charge < -0.3 is 10.2 Å². The van der Waals surface area contributed by atoms with E-state index >= 15 is 0 Å². The number of rotatable bonds is 8. The molecule has 1 aromatic heterocycles. The lowest BCUT2D eigenvalue weighted by atomic mass is 9.91. The summed E-state index contributed by atoms with van der Waals surface area (Å²) in [6.45, 7) is 5.18. The number of carbonyl (C=O) groups excluding carboxylic acids is 2. The Bertz CT molecular complexity index is 1720. The van der Waals surface area contributed by atoms with Crippen LogP contribution < -0.4 is 16.6 Å². The summed E-state index contributed by atoms with van der Waals surface area (Å²) in [6.07, 6.45) is 4.96. The van der Waals surface area contributed by atoms with Gasteiger partial charge in [-0.15, -0.1) is 0 Å². The van der Waals surface area contributed by atoms with Gasteiger partial charge in [-0.3, -0.25) is 18.7 Å². The molecular formula is C30H36N4O6S. The van der Waals surface area contributed by atoms with Crippen molar-refractivity contribution in [2.75, 3.05) is 24.7 Å². The molecule has 3 aromatic rings. The van der Waals surface area contributed by atoms with Crippen LogP contribution in [0.4, 0.5) is 10.5 Å². The normalized spacial score (nSPS) is 17.7. The Kier molecular flexibility index (Phi) is 7.91. The van der Waals surface area contributed by atoms with Gasteiger partial charge in [-0.05, 0) is 81.7 Å². The zero-order chi connectivity index (χ0) is 29.5. The fourth-order valence-electron chi connectivity index (χ4n) is 5.57. The Morgan fingerprint density at radius 3 is 2.34 bits per heavy atom. The van der Waals surface area contributed by atoms with Gasteiger partial charge in [0.25, 0.3) is 5.56 Å². The molecule has 2 heterocycles. The lowest BCUT2D eigenvalue weighted by Crippen LogP contribution is -2.43. The molecule has 10 nitrogen and oxygen atoms in total. The summed E-state index contributed by atoms with van der Waals surface area (Å²) in [5.41, 5.74) is 0.812. The predicted molar refractivity (Wildman–Crippen MR) is 157 cm³/mol. The molecular weight excluding hydrogens is 544 g/mol. The molecule has 218 valence electrons. The molecule has 0 spiro atoms. The molecule has 1 aliphatic carbocycles. The summed E-state index contributed by atoms with van der Waals surface area (Å²) >= 11 is 0. The van der Waals surface area contributed by atoms with E-state index in [0.29, 0.717) is 47.7 Å². The second kappa shape index (κ2) is 11.3. The smallest absolute Gasteiger partial charge is 0.324 e. The van der Waals surface area contributed by atoms with Gasteiger partial charge in [-0.1, -0.05) is 12.1 Å². The van der Waals surface area contributed by atoms with Crippen molar-refractivity contribution >= 4 is 38.2 Å². The Labute approximate surface area is 238 Å². The molecule has 0 radical (unpaired) electrons. The third-order valence-electron chi connectivity index (χ3n) is 7.96. The van der Waals surface area contributed by atoms with Crippen LogP contribution >= 0.6 is 0 Å². The number of piperidine rings is 1. The van der Waals surface area contributed by atoms with E-state index in [0.717, 1.165) is 31.9 Å². The number of likely N-dealkylation sites (tertiary alicyclic amines) is 1. The van der Waals surface area contributed by atoms with E-state index in [1.807, 2.05) is 13.8 Å². The Morgan fingerprint density at radius 1 is 1.00 bits per heavy atom. The fourth-order valence-corrected chi connectivity index (χ4v) is 6.20. The first-order valence-corrected chi connectivity index (χ1v) is 16.0. The number of aromatic nitrogens is 2. The highest BCUT2D eigenvalue weighted by Gasteiger charge is 2.27. The number of amides is 2. The minimum atomic E-state index is -3.34. The van der Waals surface area contributed by atoms with Gasteiger partial charge in [0.05, 0.1) is 15.8 Å². The average molecular weight is 581 g/mol. The number of nitrogens with zero attached hydrogens (tertiary/aromatic N) is 3. The highest BCUT2D eigenvalue weighted by molar-refractivity contribution is 7.90. The maximum absolute atomic E-state index is 13.3. The largest absolute Gasteiger partial charge is 0.331 e. The number of sulfone groups is 1. The number of hydrogen-bond acceptors (Lipinski definition) is 6. The van der Waals surface area contributed by atoms with Gasteiger partial charge in [0.2, 0.25) is 0 Å². The molecule has 1 N–H and O–H groups in total. The van der Waals surface area contributed by atoms with E-state index in [4.69, 9.17) is 0 Å². The molecule has 1 unspecified atom stereocenters. The average Bonchev–Trinajstić information content (AvgIpc) is 3.75. The van der Waals surface area contributed by atoms with Crippen LogP contribution in [-0.2, 0) is 16.4 Å². The zero-order valence-electron chi connectivity index (χ0n) is 23.6. The number of carbonyl (C=O) groups is 2. The number of benzene rings is 2. The highest BCUT2D eigenvalue weighted by atomic mass is 32.2. The van der Waals surface area contributed by atoms with Crippen LogP contribution in [0.5, 0.6) is 0 Å². The van der Waals surface area contributed by atoms with Crippen LogP contribution in [0.25, 0.3) is 10.9 Å². The Hall–Kier alpha value is -3.73. The Morgan fingerprint density at radius 2 is 1.71 bits per heavy atom. The summed E-state index contributed by atoms with van der Waals surface area (Å²) in [7, 11) is -3.34. The lowest BCUT2D eigenvalue weighted by molar-refractivity contribution is 0.0931. The number of hydrogen-bond donors (Lipinski definition) is 1. The molecule has 5 rings (SSSR count). The molecule has 1 aliphatic heterocycles. The summed E-state index contributed by atoms with van der Waals surface area (Å²) < 4.78 is 26.3. The summed E-state index contributed by atoms with van der Waals surface area (Å²) in [5, 5.41) is 3.29. The molecule has 2 aliphatic rings. The molecule has 11 heteroatoms. The van der Waals surface area contributed by atoms with E-state index in [-0.39, 0.29) is 46.3 Å². The molecule has 2 amide bonds. The number of Topliss-reactive ketones (excluding diaryl/α,β-unsaturated/α-hetero) is 1. The molecule has 1 saturated heterocycles. The number of ketones is 1. The second-order valence-electron chi connectivity index (χ2n) is 11.6. The number of anilines is 1. The molecule has 2 aromatic carbocycles. The topological polar surface area (TPSA) is 128 Å². The first-order chi connectivity index (χ1) is 19.4. The molecule has 2 fully saturated rings. The van der Waals surface area contributed by atoms with Crippen LogP contribution in [0.15, 0.2) is 56.9 Å². The molecule has 1 atom stereocenters. The van der Waals surface area contributed by atoms with Gasteiger partial charge in [0.1, 0.15) is 0 Å². The van der Waals surface area contributed by atoms with Crippen molar-refractivity contribution in [1.29, 1.82) is 0 Å². The van der Waals surface area contributed by atoms with Crippen molar-refractivity contribution in [3.05, 3.63) is 68.9 Å². The van der Waals surface area contributed by atoms with Gasteiger partial charge in [-0.25, -0.2) is 18.0 Å². The first kappa shape index (κ1) is 28.8. The number of urea groups is 1. The van der Waals surface area contributed by atoms with Gasteiger partial charge in [0.15, 0.2) is 15.6 Å². The summed E-state index contributed by atoms with van der Waals surface area (Å²) in [6, 6.07) is 10.5. The summed E-state index contributed by atoms with van der Waals surface area (Å²) in [4.78, 5) is 54.4. The monoisotopic (exact) mass is 580 g/mol. The van der Waals surface area contributed by atoms with Gasteiger partial charge in [-0.2, -0.15) is 0 Å². The molecule has 0 bridgehead atoms. The third kappa shape index (κ3) is 6.29. The Balaban J connectivity index is 1.30. The quantitative estimate of drug-likeness (QED) is 0.400.